The first-order valence-corrected chi connectivity index (χ1v) is 5.70. The summed E-state index contributed by atoms with van der Waals surface area (Å²) in [5.41, 5.74) is 7.44. The summed E-state index contributed by atoms with van der Waals surface area (Å²) < 4.78 is 5.09. The molecule has 0 fully saturated rings. The first-order valence-electron chi connectivity index (χ1n) is 5.33. The number of nitrogen functional groups attached to an aromatic ring is 1. The van der Waals surface area contributed by atoms with Crippen molar-refractivity contribution in [1.82, 2.24) is 9.97 Å². The molecule has 0 aliphatic carbocycles. The van der Waals surface area contributed by atoms with Crippen molar-refractivity contribution in [2.75, 3.05) is 18.2 Å². The van der Waals surface area contributed by atoms with Crippen molar-refractivity contribution < 1.29 is 4.74 Å². The monoisotopic (exact) mass is 264 g/mol. The van der Waals surface area contributed by atoms with Crippen LogP contribution in [0.15, 0.2) is 30.6 Å². The van der Waals surface area contributed by atoms with Gasteiger partial charge in [-0.2, -0.15) is 0 Å². The minimum absolute atomic E-state index is 0.509. The van der Waals surface area contributed by atoms with Crippen molar-refractivity contribution >= 4 is 23.2 Å². The van der Waals surface area contributed by atoms with Crippen LogP contribution in [-0.4, -0.2) is 17.1 Å². The molecule has 18 heavy (non-hydrogen) atoms. The van der Waals surface area contributed by atoms with Crippen LogP contribution in [0.1, 0.15) is 5.56 Å². The third-order valence-corrected chi connectivity index (χ3v) is 2.56. The van der Waals surface area contributed by atoms with E-state index in [0.29, 0.717) is 29.0 Å². The number of aromatic nitrogens is 2. The first-order chi connectivity index (χ1) is 8.69. The molecule has 0 bridgehead atoms. The van der Waals surface area contributed by atoms with Gasteiger partial charge in [0.2, 0.25) is 5.95 Å². The summed E-state index contributed by atoms with van der Waals surface area (Å²) in [6.07, 6.45) is 3.08. The van der Waals surface area contributed by atoms with Crippen LogP contribution in [0, 0.1) is 0 Å². The van der Waals surface area contributed by atoms with Crippen molar-refractivity contribution in [3.8, 4) is 5.75 Å². The number of halogens is 1. The summed E-state index contributed by atoms with van der Waals surface area (Å²) >= 11 is 5.70. The van der Waals surface area contributed by atoms with Gasteiger partial charge in [0.15, 0.2) is 0 Å². The highest BCUT2D eigenvalue weighted by Gasteiger charge is 2.01. The molecule has 2 rings (SSSR count). The quantitative estimate of drug-likeness (QED) is 0.829. The zero-order valence-corrected chi connectivity index (χ0v) is 10.6. The number of rotatable bonds is 4. The Kier molecular flexibility index (Phi) is 3.84. The summed E-state index contributed by atoms with van der Waals surface area (Å²) in [6.45, 7) is 0.579. The van der Waals surface area contributed by atoms with Gasteiger partial charge in [0.05, 0.1) is 30.2 Å². The molecule has 0 unspecified atom stereocenters. The SMILES string of the molecule is COc1ccc(CNc2ncc(Cl)cn2)cc1N. The van der Waals surface area contributed by atoms with Gasteiger partial charge in [-0.05, 0) is 17.7 Å². The van der Waals surface area contributed by atoms with Gasteiger partial charge >= 0.3 is 0 Å². The maximum atomic E-state index is 5.82. The van der Waals surface area contributed by atoms with Crippen LogP contribution in [-0.2, 0) is 6.54 Å². The van der Waals surface area contributed by atoms with E-state index in [2.05, 4.69) is 15.3 Å². The summed E-state index contributed by atoms with van der Waals surface area (Å²) in [7, 11) is 1.59. The highest BCUT2D eigenvalue weighted by atomic mass is 35.5. The van der Waals surface area contributed by atoms with Crippen LogP contribution in [0.2, 0.25) is 5.02 Å². The fraction of sp³-hybridized carbons (Fsp3) is 0.167. The third kappa shape index (κ3) is 3.01. The molecule has 0 amide bonds. The maximum absolute atomic E-state index is 5.82. The summed E-state index contributed by atoms with van der Waals surface area (Å²) in [5, 5.41) is 3.58. The maximum Gasteiger partial charge on any atom is 0.222 e. The molecule has 0 radical (unpaired) electrons. The number of ether oxygens (including phenoxy) is 1. The molecule has 0 atom stereocenters. The Morgan fingerprint density at radius 1 is 1.33 bits per heavy atom. The summed E-state index contributed by atoms with van der Waals surface area (Å²) in [5.74, 6) is 1.19. The largest absolute Gasteiger partial charge is 0.495 e. The summed E-state index contributed by atoms with van der Waals surface area (Å²) in [6, 6.07) is 5.61. The lowest BCUT2D eigenvalue weighted by molar-refractivity contribution is 0.417. The van der Waals surface area contributed by atoms with Crippen molar-refractivity contribution in [3.05, 3.63) is 41.2 Å². The fourth-order valence-electron chi connectivity index (χ4n) is 1.48. The van der Waals surface area contributed by atoms with Crippen LogP contribution in [0.3, 0.4) is 0 Å². The molecule has 5 nitrogen and oxygen atoms in total. The second-order valence-electron chi connectivity index (χ2n) is 3.65. The van der Waals surface area contributed by atoms with Gasteiger partial charge in [0.1, 0.15) is 5.75 Å². The molecule has 0 spiro atoms. The van der Waals surface area contributed by atoms with E-state index in [1.165, 1.54) is 0 Å². The van der Waals surface area contributed by atoms with Crippen LogP contribution >= 0.6 is 11.6 Å². The van der Waals surface area contributed by atoms with E-state index < -0.39 is 0 Å². The number of methoxy groups -OCH3 is 1. The van der Waals surface area contributed by atoms with Crippen molar-refractivity contribution in [2.45, 2.75) is 6.54 Å². The minimum atomic E-state index is 0.509. The number of hydrogen-bond acceptors (Lipinski definition) is 5. The second-order valence-corrected chi connectivity index (χ2v) is 4.09. The van der Waals surface area contributed by atoms with Gasteiger partial charge in [-0.25, -0.2) is 9.97 Å². The van der Waals surface area contributed by atoms with Crippen LogP contribution < -0.4 is 15.8 Å². The van der Waals surface area contributed by atoms with E-state index in [9.17, 15) is 0 Å². The number of benzene rings is 1. The number of nitrogens with two attached hydrogens (primary N) is 1. The molecular formula is C12H13ClN4O. The van der Waals surface area contributed by atoms with Crippen LogP contribution in [0.4, 0.5) is 11.6 Å². The molecule has 2 aromatic rings. The van der Waals surface area contributed by atoms with Crippen LogP contribution in [0.25, 0.3) is 0 Å². The average molecular weight is 265 g/mol. The molecule has 6 heteroatoms. The molecule has 0 aliphatic heterocycles. The number of nitrogens with zero attached hydrogens (tertiary/aromatic N) is 2. The van der Waals surface area contributed by atoms with Crippen molar-refractivity contribution in [2.24, 2.45) is 0 Å². The molecule has 0 saturated heterocycles. The van der Waals surface area contributed by atoms with Crippen LogP contribution in [0.5, 0.6) is 5.75 Å². The summed E-state index contributed by atoms with van der Waals surface area (Å²) in [4.78, 5) is 8.08. The second kappa shape index (κ2) is 5.55. The Morgan fingerprint density at radius 3 is 2.67 bits per heavy atom. The number of hydrogen-bond donors (Lipinski definition) is 2. The Hall–Kier alpha value is -2.01. The predicted molar refractivity (Wildman–Crippen MR) is 71.8 cm³/mol. The van der Waals surface area contributed by atoms with Gasteiger partial charge in [-0.3, -0.25) is 0 Å². The van der Waals surface area contributed by atoms with E-state index in [1.54, 1.807) is 19.5 Å². The van der Waals surface area contributed by atoms with Gasteiger partial charge in [0, 0.05) is 6.54 Å². The molecular weight excluding hydrogens is 252 g/mol. The lowest BCUT2D eigenvalue weighted by Crippen LogP contribution is -2.04. The fourth-order valence-corrected chi connectivity index (χ4v) is 1.58. The predicted octanol–water partition coefficient (Wildman–Crippen LogP) is 2.33. The first kappa shape index (κ1) is 12.4. The molecule has 94 valence electrons. The standard InChI is InChI=1S/C12H13ClN4O/c1-18-11-3-2-8(4-10(11)14)5-15-12-16-6-9(13)7-17-12/h2-4,6-7H,5,14H2,1H3,(H,15,16,17). The van der Waals surface area contributed by atoms with Gasteiger partial charge in [-0.1, -0.05) is 17.7 Å². The van der Waals surface area contributed by atoms with Crippen molar-refractivity contribution in [1.29, 1.82) is 0 Å². The highest BCUT2D eigenvalue weighted by Crippen LogP contribution is 2.22. The molecule has 3 N–H and O–H groups in total. The highest BCUT2D eigenvalue weighted by molar-refractivity contribution is 6.30. The normalized spacial score (nSPS) is 10.1. The van der Waals surface area contributed by atoms with Crippen molar-refractivity contribution in [3.63, 3.8) is 0 Å². The Labute approximate surface area is 110 Å². The van der Waals surface area contributed by atoms with Gasteiger partial charge < -0.3 is 15.8 Å². The smallest absolute Gasteiger partial charge is 0.222 e. The zero-order valence-electron chi connectivity index (χ0n) is 9.85. The topological polar surface area (TPSA) is 73.1 Å². The minimum Gasteiger partial charge on any atom is -0.495 e. The molecule has 0 saturated carbocycles. The Bertz CT molecular complexity index is 530. The molecule has 1 heterocycles. The van der Waals surface area contributed by atoms with E-state index in [-0.39, 0.29) is 0 Å². The van der Waals surface area contributed by atoms with E-state index in [4.69, 9.17) is 22.1 Å². The number of nitrogens with one attached hydrogen (secondary N) is 1. The van der Waals surface area contributed by atoms with E-state index in [1.807, 2.05) is 18.2 Å². The Balaban J connectivity index is 2.02. The van der Waals surface area contributed by atoms with Gasteiger partial charge in [0.25, 0.3) is 0 Å². The number of anilines is 2. The average Bonchev–Trinajstić information content (AvgIpc) is 2.38. The Morgan fingerprint density at radius 2 is 2.06 bits per heavy atom. The van der Waals surface area contributed by atoms with E-state index in [0.717, 1.165) is 5.56 Å². The van der Waals surface area contributed by atoms with E-state index >= 15 is 0 Å². The lowest BCUT2D eigenvalue weighted by Gasteiger charge is -2.08. The molecule has 1 aromatic heterocycles. The third-order valence-electron chi connectivity index (χ3n) is 2.37. The molecule has 0 aliphatic rings. The molecule has 1 aromatic carbocycles. The lowest BCUT2D eigenvalue weighted by atomic mass is 10.2. The van der Waals surface area contributed by atoms with Gasteiger partial charge in [-0.15, -0.1) is 0 Å². The zero-order chi connectivity index (χ0) is 13.0.